The average molecular weight is 133 g/mol. The smallest absolute Gasteiger partial charge is 0.0972 e. The van der Waals surface area contributed by atoms with E-state index in [4.69, 9.17) is 0 Å². The Labute approximate surface area is 62.1 Å². The fourth-order valence-corrected chi connectivity index (χ4v) is 0.786. The van der Waals surface area contributed by atoms with Gasteiger partial charge in [-0.05, 0) is 0 Å². The van der Waals surface area contributed by atoms with Crippen molar-refractivity contribution >= 4 is 5.69 Å². The van der Waals surface area contributed by atoms with Crippen molar-refractivity contribution in [3.63, 3.8) is 0 Å². The van der Waals surface area contributed by atoms with E-state index in [2.05, 4.69) is 12.2 Å². The van der Waals surface area contributed by atoms with E-state index >= 15 is 0 Å². The Morgan fingerprint density at radius 3 is 2.30 bits per heavy atom. The van der Waals surface area contributed by atoms with Crippen LogP contribution in [0, 0.1) is 13.3 Å². The maximum atomic E-state index is 3.67. The van der Waals surface area contributed by atoms with Crippen LogP contribution in [0.1, 0.15) is 5.56 Å². The largest absolute Gasteiger partial charge is 0.386 e. The number of benzene rings is 1. The van der Waals surface area contributed by atoms with Gasteiger partial charge in [0, 0.05) is 31.3 Å². The van der Waals surface area contributed by atoms with Crippen molar-refractivity contribution in [3.8, 4) is 0 Å². The van der Waals surface area contributed by atoms with Gasteiger partial charge >= 0.3 is 0 Å². The first-order valence-corrected chi connectivity index (χ1v) is 3.27. The van der Waals surface area contributed by atoms with Gasteiger partial charge < -0.3 is 5.32 Å². The SMILES string of the molecule is [CH2-][CH+]c1ccc(NC)cc1. The van der Waals surface area contributed by atoms with Crippen LogP contribution >= 0.6 is 0 Å². The number of rotatable bonds is 2. The van der Waals surface area contributed by atoms with Crippen LogP contribution in [0.3, 0.4) is 0 Å². The molecule has 0 aliphatic rings. The Bertz CT molecular complexity index is 165. The lowest BCUT2D eigenvalue weighted by molar-refractivity contribution is 1.47. The maximum Gasteiger partial charge on any atom is 0.0972 e. The molecule has 0 saturated heterocycles. The molecule has 1 heteroatoms. The summed E-state index contributed by atoms with van der Waals surface area (Å²) in [7, 11) is 1.91. The van der Waals surface area contributed by atoms with Crippen LogP contribution in [0.4, 0.5) is 5.69 Å². The molecule has 0 radical (unpaired) electrons. The van der Waals surface area contributed by atoms with Gasteiger partial charge in [-0.25, -0.2) is 0 Å². The molecule has 0 aromatic heterocycles. The van der Waals surface area contributed by atoms with Gasteiger partial charge in [-0.1, -0.05) is 0 Å². The Morgan fingerprint density at radius 2 is 1.90 bits per heavy atom. The van der Waals surface area contributed by atoms with E-state index in [0.717, 1.165) is 11.3 Å². The second-order valence-electron chi connectivity index (χ2n) is 2.08. The molecule has 0 aliphatic carbocycles. The predicted octanol–water partition coefficient (Wildman–Crippen LogP) is 2.11. The van der Waals surface area contributed by atoms with E-state index < -0.39 is 0 Å². The van der Waals surface area contributed by atoms with Crippen molar-refractivity contribution in [1.82, 2.24) is 0 Å². The minimum absolute atomic E-state index is 1.13. The van der Waals surface area contributed by atoms with Crippen molar-refractivity contribution in [2.45, 2.75) is 0 Å². The van der Waals surface area contributed by atoms with E-state index in [0.29, 0.717) is 0 Å². The second kappa shape index (κ2) is 3.16. The molecule has 1 aromatic rings. The number of anilines is 1. The lowest BCUT2D eigenvalue weighted by Crippen LogP contribution is -1.86. The normalized spacial score (nSPS) is 9.00. The van der Waals surface area contributed by atoms with E-state index in [1.165, 1.54) is 0 Å². The fraction of sp³-hybridized carbons (Fsp3) is 0.111. The Balaban J connectivity index is 2.80. The van der Waals surface area contributed by atoms with Crippen molar-refractivity contribution in [3.05, 3.63) is 43.2 Å². The second-order valence-corrected chi connectivity index (χ2v) is 2.08. The van der Waals surface area contributed by atoms with Crippen LogP contribution < -0.4 is 5.32 Å². The molecule has 0 bridgehead atoms. The molecule has 0 spiro atoms. The fourth-order valence-electron chi connectivity index (χ4n) is 0.786. The number of hydrogen-bond acceptors (Lipinski definition) is 1. The van der Waals surface area contributed by atoms with Crippen LogP contribution in [-0.2, 0) is 0 Å². The topological polar surface area (TPSA) is 12.0 Å². The summed E-state index contributed by atoms with van der Waals surface area (Å²) in [6.07, 6.45) is 1.83. The highest BCUT2D eigenvalue weighted by Gasteiger charge is 1.93. The maximum absolute atomic E-state index is 3.67. The lowest BCUT2D eigenvalue weighted by Gasteiger charge is -1.95. The molecule has 0 unspecified atom stereocenters. The zero-order chi connectivity index (χ0) is 7.40. The first kappa shape index (κ1) is 7.00. The Morgan fingerprint density at radius 1 is 1.30 bits per heavy atom. The van der Waals surface area contributed by atoms with Gasteiger partial charge in [-0.2, -0.15) is 0 Å². The molecule has 1 aromatic carbocycles. The third-order valence-electron chi connectivity index (χ3n) is 1.44. The molecule has 0 saturated carbocycles. The molecule has 1 nitrogen and oxygen atoms in total. The van der Waals surface area contributed by atoms with E-state index in [9.17, 15) is 0 Å². The molecular weight excluding hydrogens is 122 g/mol. The first-order chi connectivity index (χ1) is 4.86. The monoisotopic (exact) mass is 133 g/mol. The third kappa shape index (κ3) is 1.44. The standard InChI is InChI=1S/C9H11N/c1-3-8-4-6-9(10-2)7-5-8/h3-7,10H,1H2,2H3. The highest BCUT2D eigenvalue weighted by Crippen LogP contribution is 2.08. The molecule has 0 fully saturated rings. The molecule has 1 rings (SSSR count). The van der Waals surface area contributed by atoms with Crippen LogP contribution in [0.15, 0.2) is 24.3 Å². The van der Waals surface area contributed by atoms with Gasteiger partial charge in [0.05, 0.1) is 11.3 Å². The van der Waals surface area contributed by atoms with E-state index in [1.807, 2.05) is 37.7 Å². The molecular formula is C9H11N. The molecule has 1 N–H and O–H groups in total. The predicted molar refractivity (Wildman–Crippen MR) is 44.7 cm³/mol. The van der Waals surface area contributed by atoms with Crippen molar-refractivity contribution in [1.29, 1.82) is 0 Å². The summed E-state index contributed by atoms with van der Waals surface area (Å²) in [5.41, 5.74) is 2.28. The number of nitrogens with one attached hydrogen (secondary N) is 1. The summed E-state index contributed by atoms with van der Waals surface area (Å²) >= 11 is 0. The molecule has 0 heterocycles. The van der Waals surface area contributed by atoms with Crippen molar-refractivity contribution < 1.29 is 0 Å². The van der Waals surface area contributed by atoms with Crippen LogP contribution in [0.25, 0.3) is 0 Å². The van der Waals surface area contributed by atoms with Crippen molar-refractivity contribution in [2.75, 3.05) is 12.4 Å². The van der Waals surface area contributed by atoms with E-state index in [-0.39, 0.29) is 0 Å². The summed E-state index contributed by atoms with van der Waals surface area (Å²) in [4.78, 5) is 0. The molecule has 10 heavy (non-hydrogen) atoms. The van der Waals surface area contributed by atoms with Crippen LogP contribution in [-0.4, -0.2) is 7.05 Å². The highest BCUT2D eigenvalue weighted by molar-refractivity contribution is 5.45. The highest BCUT2D eigenvalue weighted by atomic mass is 14.8. The minimum Gasteiger partial charge on any atom is -0.386 e. The zero-order valence-electron chi connectivity index (χ0n) is 6.09. The summed E-state index contributed by atoms with van der Waals surface area (Å²) in [5.74, 6) is 0. The summed E-state index contributed by atoms with van der Waals surface area (Å²) < 4.78 is 0. The number of hydrogen-bond donors (Lipinski definition) is 1. The van der Waals surface area contributed by atoms with Crippen LogP contribution in [0.2, 0.25) is 0 Å². The molecule has 0 atom stereocenters. The lowest BCUT2D eigenvalue weighted by atomic mass is 10.1. The van der Waals surface area contributed by atoms with Gasteiger partial charge in [0.2, 0.25) is 0 Å². The summed E-state index contributed by atoms with van der Waals surface area (Å²) in [6.45, 7) is 3.67. The van der Waals surface area contributed by atoms with Gasteiger partial charge in [-0.15, -0.1) is 6.42 Å². The molecule has 0 aliphatic heterocycles. The van der Waals surface area contributed by atoms with Gasteiger partial charge in [0.25, 0.3) is 0 Å². The third-order valence-corrected chi connectivity index (χ3v) is 1.44. The molecule has 0 amide bonds. The quantitative estimate of drug-likeness (QED) is 0.609. The summed E-state index contributed by atoms with van der Waals surface area (Å²) in [5, 5.41) is 3.04. The zero-order valence-corrected chi connectivity index (χ0v) is 6.09. The van der Waals surface area contributed by atoms with Gasteiger partial charge in [0.1, 0.15) is 0 Å². The average Bonchev–Trinajstić information content (AvgIpc) is 2.05. The van der Waals surface area contributed by atoms with Crippen molar-refractivity contribution in [2.24, 2.45) is 0 Å². The molecule has 52 valence electrons. The Kier molecular flexibility index (Phi) is 2.21. The Hall–Kier alpha value is -1.11. The van der Waals surface area contributed by atoms with Gasteiger partial charge in [0.15, 0.2) is 0 Å². The summed E-state index contributed by atoms with van der Waals surface area (Å²) in [6, 6.07) is 8.10. The first-order valence-electron chi connectivity index (χ1n) is 3.27. The minimum atomic E-state index is 1.13. The van der Waals surface area contributed by atoms with Gasteiger partial charge in [-0.3, -0.25) is 6.92 Å². The van der Waals surface area contributed by atoms with E-state index in [1.54, 1.807) is 0 Å². The van der Waals surface area contributed by atoms with Crippen LogP contribution in [0.5, 0.6) is 0 Å².